The number of anilines is 1. The molecule has 1 amide bonds. The van der Waals surface area contributed by atoms with Gasteiger partial charge in [-0.25, -0.2) is 9.97 Å². The second-order valence-corrected chi connectivity index (χ2v) is 7.29. The molecular weight excluding hydrogens is 350 g/mol. The Morgan fingerprint density at radius 1 is 1.35 bits per heavy atom. The van der Waals surface area contributed by atoms with Gasteiger partial charge in [-0.2, -0.15) is 0 Å². The summed E-state index contributed by atoms with van der Waals surface area (Å²) in [4.78, 5) is 35.5. The Bertz CT molecular complexity index is 993. The number of benzene rings is 1. The number of carbonyl (C=O) groups excluding carboxylic acids is 1. The first-order valence-corrected chi connectivity index (χ1v) is 9.40. The number of para-hydroxylation sites is 1. The van der Waals surface area contributed by atoms with Crippen LogP contribution >= 0.6 is 11.3 Å². The molecule has 0 atom stereocenters. The Kier molecular flexibility index (Phi) is 4.52. The van der Waals surface area contributed by atoms with Crippen molar-refractivity contribution in [2.45, 2.75) is 26.4 Å². The molecule has 3 heterocycles. The molecule has 0 radical (unpaired) electrons. The van der Waals surface area contributed by atoms with Gasteiger partial charge in [0.05, 0.1) is 28.8 Å². The van der Waals surface area contributed by atoms with Crippen molar-refractivity contribution in [2.24, 2.45) is 0 Å². The van der Waals surface area contributed by atoms with Crippen molar-refractivity contribution in [2.75, 3.05) is 18.4 Å². The van der Waals surface area contributed by atoms with Crippen LogP contribution in [0.5, 0.6) is 0 Å². The van der Waals surface area contributed by atoms with Crippen molar-refractivity contribution in [1.82, 2.24) is 19.4 Å². The summed E-state index contributed by atoms with van der Waals surface area (Å²) in [5.74, 6) is -0.102. The van der Waals surface area contributed by atoms with E-state index in [-0.39, 0.29) is 18.0 Å². The molecule has 7 nitrogen and oxygen atoms in total. The highest BCUT2D eigenvalue weighted by Gasteiger charge is 2.22. The molecular formula is C18H19N5O2S. The normalized spacial score (nSPS) is 14.3. The molecule has 0 spiro atoms. The summed E-state index contributed by atoms with van der Waals surface area (Å²) in [5, 5.41) is 3.48. The van der Waals surface area contributed by atoms with E-state index in [1.165, 1.54) is 11.3 Å². The number of rotatable bonds is 4. The number of carbonyl (C=O) groups is 1. The topological polar surface area (TPSA) is 80.1 Å². The van der Waals surface area contributed by atoms with Gasteiger partial charge in [0.1, 0.15) is 0 Å². The fourth-order valence-corrected chi connectivity index (χ4v) is 4.04. The highest BCUT2D eigenvalue weighted by atomic mass is 32.1. The number of nitrogens with zero attached hydrogens (tertiary/aromatic N) is 4. The lowest BCUT2D eigenvalue weighted by molar-refractivity contribution is -0.117. The number of aryl methyl sites for hydroxylation is 1. The second kappa shape index (κ2) is 6.97. The Labute approximate surface area is 154 Å². The van der Waals surface area contributed by atoms with Gasteiger partial charge in [0, 0.05) is 25.2 Å². The zero-order valence-electron chi connectivity index (χ0n) is 14.4. The van der Waals surface area contributed by atoms with E-state index in [1.54, 1.807) is 10.9 Å². The Balaban J connectivity index is 1.42. The van der Waals surface area contributed by atoms with Crippen LogP contribution in [0.3, 0.4) is 0 Å². The van der Waals surface area contributed by atoms with Gasteiger partial charge >= 0.3 is 0 Å². The maximum absolute atomic E-state index is 12.4. The van der Waals surface area contributed by atoms with Crippen molar-refractivity contribution in [3.63, 3.8) is 0 Å². The zero-order valence-corrected chi connectivity index (χ0v) is 15.3. The molecule has 1 aromatic carbocycles. The van der Waals surface area contributed by atoms with E-state index in [2.05, 4.69) is 15.3 Å². The molecule has 2 aromatic heterocycles. The summed E-state index contributed by atoms with van der Waals surface area (Å²) >= 11 is 1.46. The number of hydrogen-bond donors (Lipinski definition) is 1. The molecule has 134 valence electrons. The van der Waals surface area contributed by atoms with E-state index >= 15 is 0 Å². The van der Waals surface area contributed by atoms with Crippen LogP contribution in [-0.4, -0.2) is 38.4 Å². The molecule has 1 N–H and O–H groups in total. The molecule has 8 heteroatoms. The van der Waals surface area contributed by atoms with Crippen LogP contribution in [-0.2, 0) is 24.3 Å². The van der Waals surface area contributed by atoms with Crippen molar-refractivity contribution in [3.8, 4) is 0 Å². The summed E-state index contributed by atoms with van der Waals surface area (Å²) in [6.07, 6.45) is 2.21. The molecule has 3 aromatic rings. The predicted octanol–water partition coefficient (Wildman–Crippen LogP) is 1.87. The average molecular weight is 369 g/mol. The lowest BCUT2D eigenvalue weighted by Gasteiger charge is -2.27. The van der Waals surface area contributed by atoms with E-state index in [0.717, 1.165) is 21.5 Å². The Morgan fingerprint density at radius 3 is 3.00 bits per heavy atom. The van der Waals surface area contributed by atoms with Crippen molar-refractivity contribution < 1.29 is 4.79 Å². The van der Waals surface area contributed by atoms with E-state index < -0.39 is 0 Å². The van der Waals surface area contributed by atoms with Crippen LogP contribution < -0.4 is 10.9 Å². The molecule has 1 aliphatic rings. The molecule has 0 saturated carbocycles. The van der Waals surface area contributed by atoms with Gasteiger partial charge in [0.15, 0.2) is 5.13 Å². The summed E-state index contributed by atoms with van der Waals surface area (Å²) in [5.41, 5.74) is 2.48. The van der Waals surface area contributed by atoms with Crippen LogP contribution in [0.2, 0.25) is 0 Å². The molecule has 0 bridgehead atoms. The van der Waals surface area contributed by atoms with Crippen molar-refractivity contribution in [3.05, 3.63) is 52.2 Å². The largest absolute Gasteiger partial charge is 0.301 e. The number of hydrogen-bond acceptors (Lipinski definition) is 6. The highest BCUT2D eigenvalue weighted by molar-refractivity contribution is 7.22. The quantitative estimate of drug-likeness (QED) is 0.759. The summed E-state index contributed by atoms with van der Waals surface area (Å²) in [6, 6.07) is 7.80. The van der Waals surface area contributed by atoms with Gasteiger partial charge in [-0.15, -0.1) is 0 Å². The van der Waals surface area contributed by atoms with Gasteiger partial charge in [-0.1, -0.05) is 23.5 Å². The Morgan fingerprint density at radius 2 is 2.19 bits per heavy atom. The molecule has 0 aliphatic carbocycles. The molecule has 4 rings (SSSR count). The average Bonchev–Trinajstić information content (AvgIpc) is 3.04. The van der Waals surface area contributed by atoms with E-state index in [0.29, 0.717) is 31.2 Å². The van der Waals surface area contributed by atoms with Crippen molar-refractivity contribution in [1.29, 1.82) is 0 Å². The minimum Gasteiger partial charge on any atom is -0.301 e. The highest BCUT2D eigenvalue weighted by Crippen LogP contribution is 2.25. The van der Waals surface area contributed by atoms with E-state index in [4.69, 9.17) is 0 Å². The summed E-state index contributed by atoms with van der Waals surface area (Å²) in [6.45, 7) is 3.99. The molecule has 0 fully saturated rings. The van der Waals surface area contributed by atoms with Crippen LogP contribution in [0.15, 0.2) is 35.4 Å². The van der Waals surface area contributed by atoms with Crippen LogP contribution in [0.25, 0.3) is 10.2 Å². The van der Waals surface area contributed by atoms with Crippen LogP contribution in [0.1, 0.15) is 18.2 Å². The minimum atomic E-state index is -0.102. The van der Waals surface area contributed by atoms with Gasteiger partial charge in [0.2, 0.25) is 5.91 Å². The molecule has 26 heavy (non-hydrogen) atoms. The van der Waals surface area contributed by atoms with Gasteiger partial charge < -0.3 is 5.32 Å². The van der Waals surface area contributed by atoms with Gasteiger partial charge in [0.25, 0.3) is 5.56 Å². The molecule has 1 aliphatic heterocycles. The molecule has 0 saturated heterocycles. The lowest BCUT2D eigenvalue weighted by atomic mass is 10.1. The van der Waals surface area contributed by atoms with E-state index in [9.17, 15) is 9.59 Å². The first-order valence-electron chi connectivity index (χ1n) is 8.59. The monoisotopic (exact) mass is 369 g/mol. The van der Waals surface area contributed by atoms with Gasteiger partial charge in [-0.05, 0) is 25.5 Å². The number of thiazole rings is 1. The van der Waals surface area contributed by atoms with E-state index in [1.807, 2.05) is 36.1 Å². The summed E-state index contributed by atoms with van der Waals surface area (Å²) < 4.78 is 2.67. The summed E-state index contributed by atoms with van der Waals surface area (Å²) in [7, 11) is 0. The first kappa shape index (κ1) is 16.9. The van der Waals surface area contributed by atoms with Gasteiger partial charge in [-0.3, -0.25) is 19.1 Å². The maximum Gasteiger partial charge on any atom is 0.256 e. The SMILES string of the molecule is CCn1cnc2c(c1=O)CCN(CC(=O)Nc1nc3ccccc3s1)C2. The van der Waals surface area contributed by atoms with Crippen molar-refractivity contribution >= 4 is 32.6 Å². The third-order valence-electron chi connectivity index (χ3n) is 4.52. The Hall–Kier alpha value is -2.58. The smallest absolute Gasteiger partial charge is 0.256 e. The third kappa shape index (κ3) is 3.25. The maximum atomic E-state index is 12.4. The standard InChI is InChI=1S/C18H19N5O2S/c1-2-23-11-19-14-9-22(8-7-12(14)17(23)25)10-16(24)21-18-20-13-5-3-4-6-15(13)26-18/h3-6,11H,2,7-10H2,1H3,(H,20,21,24). The predicted molar refractivity (Wildman–Crippen MR) is 101 cm³/mol. The third-order valence-corrected chi connectivity index (χ3v) is 5.47. The fraction of sp³-hybridized carbons (Fsp3) is 0.333. The number of aromatic nitrogens is 3. The number of fused-ring (bicyclic) bond motifs is 2. The van der Waals surface area contributed by atoms with Crippen LogP contribution in [0, 0.1) is 0 Å². The zero-order chi connectivity index (χ0) is 18.1. The first-order chi connectivity index (χ1) is 12.6. The molecule has 0 unspecified atom stereocenters. The van der Waals surface area contributed by atoms with Crippen LogP contribution in [0.4, 0.5) is 5.13 Å². The number of amides is 1. The fourth-order valence-electron chi connectivity index (χ4n) is 3.16. The minimum absolute atomic E-state index is 0.0380. The number of nitrogens with one attached hydrogen (secondary N) is 1. The lowest BCUT2D eigenvalue weighted by Crippen LogP contribution is -2.40. The second-order valence-electron chi connectivity index (χ2n) is 6.26.